The van der Waals surface area contributed by atoms with E-state index in [0.717, 1.165) is 29.9 Å². The maximum atomic E-state index is 13.1. The van der Waals surface area contributed by atoms with E-state index in [1.54, 1.807) is 19.1 Å². The zero-order chi connectivity index (χ0) is 22.4. The van der Waals surface area contributed by atoms with Gasteiger partial charge in [0, 0.05) is 24.3 Å². The van der Waals surface area contributed by atoms with Gasteiger partial charge in [-0.15, -0.1) is 10.2 Å². The van der Waals surface area contributed by atoms with Crippen molar-refractivity contribution < 1.29 is 13.6 Å². The minimum absolute atomic E-state index is 0.162. The summed E-state index contributed by atoms with van der Waals surface area (Å²) in [4.78, 5) is 14.8. The summed E-state index contributed by atoms with van der Waals surface area (Å²) in [6, 6.07) is 13.8. The van der Waals surface area contributed by atoms with E-state index in [2.05, 4.69) is 34.3 Å². The fourth-order valence-corrected chi connectivity index (χ4v) is 3.84. The van der Waals surface area contributed by atoms with Crippen LogP contribution in [0.1, 0.15) is 39.3 Å². The molecular weight excluding hydrogens is 415 g/mol. The second-order valence-corrected chi connectivity index (χ2v) is 8.43. The first kappa shape index (κ1) is 22.8. The quantitative estimate of drug-likeness (QED) is 0.466. The van der Waals surface area contributed by atoms with Gasteiger partial charge in [-0.25, -0.2) is 4.39 Å². The summed E-state index contributed by atoms with van der Waals surface area (Å²) >= 11 is 1.20. The van der Waals surface area contributed by atoms with Crippen LogP contribution in [0.15, 0.2) is 58.2 Å². The minimum Gasteiger partial charge on any atom is -0.411 e. The first-order valence-electron chi connectivity index (χ1n) is 10.3. The summed E-state index contributed by atoms with van der Waals surface area (Å²) in [5.74, 6) is -0.0490. The van der Waals surface area contributed by atoms with Crippen LogP contribution in [0.5, 0.6) is 0 Å². The minimum atomic E-state index is -0.429. The van der Waals surface area contributed by atoms with Crippen LogP contribution in [-0.2, 0) is 4.79 Å². The lowest BCUT2D eigenvalue weighted by molar-refractivity contribution is -0.120. The molecule has 0 saturated carbocycles. The number of hydrogen-bond acceptors (Lipinski definition) is 6. The Morgan fingerprint density at radius 2 is 1.71 bits per heavy atom. The third-order valence-electron chi connectivity index (χ3n) is 5.02. The zero-order valence-corrected chi connectivity index (χ0v) is 18.9. The molecule has 0 aliphatic carbocycles. The van der Waals surface area contributed by atoms with E-state index in [0.29, 0.717) is 11.1 Å². The molecule has 2 aromatic carbocycles. The smallest absolute Gasteiger partial charge is 0.277 e. The van der Waals surface area contributed by atoms with E-state index in [1.807, 2.05) is 31.2 Å². The Hall–Kier alpha value is -2.87. The molecule has 1 N–H and O–H groups in total. The number of carbonyl (C=O) groups excluding carboxylic acids is 1. The van der Waals surface area contributed by atoms with Crippen molar-refractivity contribution in [3.8, 4) is 11.5 Å². The van der Waals surface area contributed by atoms with E-state index < -0.39 is 5.25 Å². The molecule has 1 aromatic heterocycles. The zero-order valence-electron chi connectivity index (χ0n) is 18.1. The molecule has 3 aromatic rings. The largest absolute Gasteiger partial charge is 0.411 e. The number of aromatic nitrogens is 2. The predicted octanol–water partition coefficient (Wildman–Crippen LogP) is 5.08. The summed E-state index contributed by atoms with van der Waals surface area (Å²) in [5.41, 5.74) is 2.81. The number of halogens is 1. The average Bonchev–Trinajstić information content (AvgIpc) is 3.24. The van der Waals surface area contributed by atoms with E-state index in [4.69, 9.17) is 4.42 Å². The second-order valence-electron chi connectivity index (χ2n) is 7.13. The van der Waals surface area contributed by atoms with Crippen LogP contribution in [0.4, 0.5) is 10.1 Å². The molecule has 3 rings (SSSR count). The van der Waals surface area contributed by atoms with Gasteiger partial charge in [0.05, 0.1) is 11.3 Å². The molecule has 0 aliphatic rings. The van der Waals surface area contributed by atoms with Crippen molar-refractivity contribution in [3.63, 3.8) is 0 Å². The lowest BCUT2D eigenvalue weighted by Gasteiger charge is -2.20. The third-order valence-corrected chi connectivity index (χ3v) is 5.96. The Balaban J connectivity index is 1.59. The van der Waals surface area contributed by atoms with Crippen LogP contribution in [0, 0.1) is 5.82 Å². The van der Waals surface area contributed by atoms with E-state index in [1.165, 1.54) is 23.9 Å². The van der Waals surface area contributed by atoms with Crippen molar-refractivity contribution in [3.05, 3.63) is 59.9 Å². The van der Waals surface area contributed by atoms with E-state index >= 15 is 0 Å². The molecule has 0 saturated heterocycles. The number of rotatable bonds is 9. The fourth-order valence-electron chi connectivity index (χ4n) is 3.15. The number of hydrogen-bond donors (Lipinski definition) is 1. The van der Waals surface area contributed by atoms with Gasteiger partial charge in [0.25, 0.3) is 5.22 Å². The molecule has 0 spiro atoms. The average molecular weight is 443 g/mol. The Kier molecular flexibility index (Phi) is 7.68. The second kappa shape index (κ2) is 10.4. The molecule has 6 nitrogen and oxygen atoms in total. The predicted molar refractivity (Wildman–Crippen MR) is 122 cm³/mol. The molecule has 0 fully saturated rings. The van der Waals surface area contributed by atoms with Gasteiger partial charge in [-0.05, 0) is 69.7 Å². The topological polar surface area (TPSA) is 71.3 Å². The van der Waals surface area contributed by atoms with Crippen molar-refractivity contribution in [1.29, 1.82) is 0 Å². The highest BCUT2D eigenvalue weighted by atomic mass is 32.2. The molecule has 8 heteroatoms. The van der Waals surface area contributed by atoms with Gasteiger partial charge in [0.1, 0.15) is 5.82 Å². The number of amides is 1. The summed E-state index contributed by atoms with van der Waals surface area (Å²) in [5, 5.41) is 11.0. The number of benzene rings is 2. The molecule has 31 heavy (non-hydrogen) atoms. The number of thioether (sulfide) groups is 1. The highest BCUT2D eigenvalue weighted by Gasteiger charge is 2.20. The normalized spacial score (nSPS) is 12.9. The van der Waals surface area contributed by atoms with Gasteiger partial charge >= 0.3 is 0 Å². The molecule has 1 heterocycles. The number of nitrogens with zero attached hydrogens (tertiary/aromatic N) is 3. The van der Waals surface area contributed by atoms with Gasteiger partial charge in [-0.2, -0.15) is 0 Å². The molecule has 164 valence electrons. The Morgan fingerprint density at radius 1 is 1.06 bits per heavy atom. The lowest BCUT2D eigenvalue weighted by atomic mass is 10.1. The monoisotopic (exact) mass is 442 g/mol. The summed E-state index contributed by atoms with van der Waals surface area (Å²) in [6.07, 6.45) is 0. The van der Waals surface area contributed by atoms with Gasteiger partial charge < -0.3 is 14.6 Å². The Labute approximate surface area is 186 Å². The van der Waals surface area contributed by atoms with Crippen molar-refractivity contribution in [2.75, 3.05) is 18.0 Å². The van der Waals surface area contributed by atoms with Gasteiger partial charge in [-0.1, -0.05) is 23.9 Å². The third kappa shape index (κ3) is 5.85. The highest BCUT2D eigenvalue weighted by Crippen LogP contribution is 2.28. The lowest BCUT2D eigenvalue weighted by Crippen LogP contribution is -2.33. The Morgan fingerprint density at radius 3 is 2.32 bits per heavy atom. The van der Waals surface area contributed by atoms with Gasteiger partial charge in [0.2, 0.25) is 11.8 Å². The van der Waals surface area contributed by atoms with Crippen LogP contribution >= 0.6 is 11.8 Å². The molecule has 0 radical (unpaired) electrons. The van der Waals surface area contributed by atoms with Crippen molar-refractivity contribution in [2.24, 2.45) is 0 Å². The number of anilines is 1. The van der Waals surface area contributed by atoms with Crippen LogP contribution in [0.3, 0.4) is 0 Å². The first-order valence-corrected chi connectivity index (χ1v) is 11.2. The maximum Gasteiger partial charge on any atom is 0.277 e. The molecule has 0 aliphatic heterocycles. The van der Waals surface area contributed by atoms with Gasteiger partial charge in [-0.3, -0.25) is 4.79 Å². The van der Waals surface area contributed by atoms with E-state index in [-0.39, 0.29) is 17.8 Å². The van der Waals surface area contributed by atoms with Crippen LogP contribution in [0.2, 0.25) is 0 Å². The summed E-state index contributed by atoms with van der Waals surface area (Å²) < 4.78 is 18.8. The highest BCUT2D eigenvalue weighted by molar-refractivity contribution is 8.00. The molecular formula is C23H27FN4O2S. The van der Waals surface area contributed by atoms with Crippen molar-refractivity contribution in [1.82, 2.24) is 15.5 Å². The maximum absolute atomic E-state index is 13.1. The standard InChI is InChI=1S/C23H27FN4O2S/c1-5-28(6-2)20-13-9-18(10-14-20)22-26-27-23(30-22)31-16(4)21(29)25-15(3)17-7-11-19(24)12-8-17/h7-16H,5-6H2,1-4H3,(H,25,29)/t15-,16-/m1/s1. The van der Waals surface area contributed by atoms with Crippen LogP contribution in [0.25, 0.3) is 11.5 Å². The summed E-state index contributed by atoms with van der Waals surface area (Å²) in [7, 11) is 0. The molecule has 0 bridgehead atoms. The Bertz CT molecular complexity index is 988. The molecule has 1 amide bonds. The molecule has 0 unspecified atom stereocenters. The molecule has 2 atom stereocenters. The number of nitrogens with one attached hydrogen (secondary N) is 1. The van der Waals surface area contributed by atoms with Crippen molar-refractivity contribution >= 4 is 23.4 Å². The fraction of sp³-hybridized carbons (Fsp3) is 0.348. The van der Waals surface area contributed by atoms with Crippen LogP contribution in [-0.4, -0.2) is 34.4 Å². The number of carbonyl (C=O) groups is 1. The van der Waals surface area contributed by atoms with Gasteiger partial charge in [0.15, 0.2) is 0 Å². The summed E-state index contributed by atoms with van der Waals surface area (Å²) in [6.45, 7) is 9.76. The SMILES string of the molecule is CCN(CC)c1ccc(-c2nnc(S[C@H](C)C(=O)N[C@H](C)c3ccc(F)cc3)o2)cc1. The van der Waals surface area contributed by atoms with Crippen LogP contribution < -0.4 is 10.2 Å². The van der Waals surface area contributed by atoms with E-state index in [9.17, 15) is 9.18 Å². The van der Waals surface area contributed by atoms with Crippen molar-refractivity contribution in [2.45, 2.75) is 44.2 Å². The first-order chi connectivity index (χ1) is 14.9.